The van der Waals surface area contributed by atoms with Gasteiger partial charge in [-0.3, -0.25) is 4.79 Å². The number of benzene rings is 1. The highest BCUT2D eigenvalue weighted by Gasteiger charge is 2.37. The van der Waals surface area contributed by atoms with Gasteiger partial charge in [0.2, 0.25) is 0 Å². The number of methoxy groups -OCH3 is 1. The molecule has 1 aromatic carbocycles. The number of anilines is 1. The fourth-order valence-electron chi connectivity index (χ4n) is 2.35. The van der Waals surface area contributed by atoms with Gasteiger partial charge in [0.05, 0.1) is 7.11 Å². The number of hydrogen-bond donors (Lipinski definition) is 1. The number of fused-ring (bicyclic) bond motifs is 1. The van der Waals surface area contributed by atoms with E-state index in [1.54, 1.807) is 7.11 Å². The number of rotatable bonds is 2. The zero-order chi connectivity index (χ0) is 14.2. The smallest absolute Gasteiger partial charge is 0.316 e. The van der Waals surface area contributed by atoms with E-state index in [2.05, 4.69) is 5.32 Å². The van der Waals surface area contributed by atoms with Crippen molar-refractivity contribution < 1.29 is 14.3 Å². The summed E-state index contributed by atoms with van der Waals surface area (Å²) in [4.78, 5) is 12.3. The Balaban J connectivity index is 2.30. The quantitative estimate of drug-likeness (QED) is 0.833. The van der Waals surface area contributed by atoms with Crippen LogP contribution in [-0.4, -0.2) is 24.7 Å². The molecule has 0 aromatic heterocycles. The van der Waals surface area contributed by atoms with Gasteiger partial charge < -0.3 is 14.8 Å². The summed E-state index contributed by atoms with van der Waals surface area (Å²) in [6.45, 7) is 7.63. The fourth-order valence-corrected chi connectivity index (χ4v) is 2.35. The van der Waals surface area contributed by atoms with Crippen LogP contribution in [0.2, 0.25) is 0 Å². The monoisotopic (exact) mass is 263 g/mol. The van der Waals surface area contributed by atoms with Gasteiger partial charge in [0, 0.05) is 11.7 Å². The Kier molecular flexibility index (Phi) is 3.43. The van der Waals surface area contributed by atoms with Gasteiger partial charge in [-0.25, -0.2) is 0 Å². The lowest BCUT2D eigenvalue weighted by Crippen LogP contribution is -2.31. The zero-order valence-electron chi connectivity index (χ0n) is 12.1. The maximum absolute atomic E-state index is 12.3. The first kappa shape index (κ1) is 13.7. The van der Waals surface area contributed by atoms with Crippen molar-refractivity contribution in [2.75, 3.05) is 12.4 Å². The van der Waals surface area contributed by atoms with Gasteiger partial charge in [0.25, 0.3) is 0 Å². The summed E-state index contributed by atoms with van der Waals surface area (Å²) < 4.78 is 10.7. The summed E-state index contributed by atoms with van der Waals surface area (Å²) in [6.07, 6.45) is 0. The molecule has 0 radical (unpaired) electrons. The van der Waals surface area contributed by atoms with Crippen molar-refractivity contribution in [3.63, 3.8) is 0 Å². The topological polar surface area (TPSA) is 47.6 Å². The van der Waals surface area contributed by atoms with Crippen LogP contribution in [-0.2, 0) is 9.53 Å². The van der Waals surface area contributed by atoms with Crippen molar-refractivity contribution >= 4 is 11.7 Å². The van der Waals surface area contributed by atoms with E-state index in [1.807, 2.05) is 45.9 Å². The van der Waals surface area contributed by atoms with Crippen molar-refractivity contribution in [2.45, 2.75) is 45.3 Å². The molecular weight excluding hydrogens is 242 g/mol. The molecule has 0 fully saturated rings. The summed E-state index contributed by atoms with van der Waals surface area (Å²) in [6, 6.07) is 5.75. The van der Waals surface area contributed by atoms with Gasteiger partial charge in [-0.15, -0.1) is 0 Å². The molecule has 0 saturated heterocycles. The first-order valence-corrected chi connectivity index (χ1v) is 6.49. The lowest BCUT2D eigenvalue weighted by Gasteiger charge is -2.24. The number of hydrogen-bond acceptors (Lipinski definition) is 4. The van der Waals surface area contributed by atoms with E-state index in [1.165, 1.54) is 0 Å². The molecule has 2 unspecified atom stereocenters. The van der Waals surface area contributed by atoms with Gasteiger partial charge >= 0.3 is 5.97 Å². The molecule has 104 valence electrons. The SMILES string of the molecule is COc1ccc2c(c1)C(C(=O)OC(C)(C)C)C(C)N2. The normalized spacial score (nSPS) is 21.5. The summed E-state index contributed by atoms with van der Waals surface area (Å²) in [7, 11) is 1.62. The Morgan fingerprint density at radius 1 is 1.32 bits per heavy atom. The third-order valence-corrected chi connectivity index (χ3v) is 3.14. The highest BCUT2D eigenvalue weighted by atomic mass is 16.6. The largest absolute Gasteiger partial charge is 0.497 e. The maximum atomic E-state index is 12.3. The second-order valence-electron chi connectivity index (χ2n) is 5.90. The number of ether oxygens (including phenoxy) is 2. The zero-order valence-corrected chi connectivity index (χ0v) is 12.1. The third-order valence-electron chi connectivity index (χ3n) is 3.14. The van der Waals surface area contributed by atoms with Crippen molar-refractivity contribution in [1.82, 2.24) is 0 Å². The number of nitrogens with one attached hydrogen (secondary N) is 1. The molecule has 0 spiro atoms. The molecule has 0 bridgehead atoms. The van der Waals surface area contributed by atoms with E-state index >= 15 is 0 Å². The third kappa shape index (κ3) is 2.83. The van der Waals surface area contributed by atoms with Crippen molar-refractivity contribution in [3.8, 4) is 5.75 Å². The summed E-state index contributed by atoms with van der Waals surface area (Å²) >= 11 is 0. The van der Waals surface area contributed by atoms with Crippen LogP contribution in [0, 0.1) is 0 Å². The van der Waals surface area contributed by atoms with Crippen molar-refractivity contribution in [3.05, 3.63) is 23.8 Å². The highest BCUT2D eigenvalue weighted by molar-refractivity contribution is 5.85. The lowest BCUT2D eigenvalue weighted by atomic mass is 9.95. The predicted molar refractivity (Wildman–Crippen MR) is 74.7 cm³/mol. The molecule has 2 atom stereocenters. The van der Waals surface area contributed by atoms with E-state index in [4.69, 9.17) is 9.47 Å². The van der Waals surface area contributed by atoms with Crippen LogP contribution in [0.25, 0.3) is 0 Å². The maximum Gasteiger partial charge on any atom is 0.316 e. The van der Waals surface area contributed by atoms with Crippen LogP contribution >= 0.6 is 0 Å². The second-order valence-corrected chi connectivity index (χ2v) is 5.90. The molecule has 1 N–H and O–H groups in total. The number of esters is 1. The minimum absolute atomic E-state index is 0.0250. The van der Waals surface area contributed by atoms with Crippen LogP contribution in [0.5, 0.6) is 5.75 Å². The van der Waals surface area contributed by atoms with Gasteiger partial charge in [-0.1, -0.05) is 0 Å². The fraction of sp³-hybridized carbons (Fsp3) is 0.533. The first-order valence-electron chi connectivity index (χ1n) is 6.49. The van der Waals surface area contributed by atoms with E-state index in [0.717, 1.165) is 17.0 Å². The average molecular weight is 263 g/mol. The van der Waals surface area contributed by atoms with Gasteiger partial charge in [-0.05, 0) is 51.5 Å². The predicted octanol–water partition coefficient (Wildman–Crippen LogP) is 2.93. The van der Waals surface area contributed by atoms with E-state index in [-0.39, 0.29) is 17.9 Å². The highest BCUT2D eigenvalue weighted by Crippen LogP contribution is 2.39. The van der Waals surface area contributed by atoms with Gasteiger partial charge in [0.1, 0.15) is 17.3 Å². The van der Waals surface area contributed by atoms with Crippen LogP contribution in [0.1, 0.15) is 39.2 Å². The molecular formula is C15H21NO3. The molecule has 1 heterocycles. The van der Waals surface area contributed by atoms with Crippen molar-refractivity contribution in [1.29, 1.82) is 0 Å². The standard InChI is InChI=1S/C15H21NO3/c1-9-13(14(17)19-15(2,3)4)11-8-10(18-5)6-7-12(11)16-9/h6-9,13,16H,1-5H3. The van der Waals surface area contributed by atoms with Crippen LogP contribution in [0.15, 0.2) is 18.2 Å². The molecule has 19 heavy (non-hydrogen) atoms. The average Bonchev–Trinajstić information content (AvgIpc) is 2.61. The number of carbonyl (C=O) groups is 1. The molecule has 0 saturated carbocycles. The molecule has 0 amide bonds. The Morgan fingerprint density at radius 2 is 2.00 bits per heavy atom. The Bertz CT molecular complexity index is 491. The van der Waals surface area contributed by atoms with Gasteiger partial charge in [-0.2, -0.15) is 0 Å². The summed E-state index contributed by atoms with van der Waals surface area (Å²) in [5.74, 6) is 0.270. The molecule has 4 heteroatoms. The lowest BCUT2D eigenvalue weighted by molar-refractivity contribution is -0.156. The van der Waals surface area contributed by atoms with Gasteiger partial charge in [0.15, 0.2) is 0 Å². The first-order chi connectivity index (χ1) is 8.81. The molecule has 4 nitrogen and oxygen atoms in total. The van der Waals surface area contributed by atoms with Crippen LogP contribution in [0.3, 0.4) is 0 Å². The molecule has 0 aliphatic carbocycles. The Hall–Kier alpha value is -1.71. The second kappa shape index (κ2) is 4.76. The molecule has 1 aliphatic heterocycles. The van der Waals surface area contributed by atoms with Crippen molar-refractivity contribution in [2.24, 2.45) is 0 Å². The Morgan fingerprint density at radius 3 is 2.58 bits per heavy atom. The summed E-state index contributed by atoms with van der Waals surface area (Å²) in [5.41, 5.74) is 1.45. The summed E-state index contributed by atoms with van der Waals surface area (Å²) in [5, 5.41) is 3.31. The minimum Gasteiger partial charge on any atom is -0.497 e. The molecule has 2 rings (SSSR count). The van der Waals surface area contributed by atoms with E-state index in [9.17, 15) is 4.79 Å². The molecule has 1 aromatic rings. The van der Waals surface area contributed by atoms with Crippen LogP contribution < -0.4 is 10.1 Å². The molecule has 1 aliphatic rings. The van der Waals surface area contributed by atoms with E-state index in [0.29, 0.717) is 0 Å². The number of carbonyl (C=O) groups excluding carboxylic acids is 1. The van der Waals surface area contributed by atoms with E-state index < -0.39 is 5.60 Å². The Labute approximate surface area is 114 Å². The minimum atomic E-state index is -0.474. The van der Waals surface area contributed by atoms with Crippen LogP contribution in [0.4, 0.5) is 5.69 Å².